The van der Waals surface area contributed by atoms with E-state index in [4.69, 9.17) is 34.8 Å². The van der Waals surface area contributed by atoms with E-state index in [1.165, 1.54) is 6.07 Å². The molecule has 0 aliphatic rings. The number of benzene rings is 2. The maximum Gasteiger partial charge on any atom is 0.259 e. The zero-order chi connectivity index (χ0) is 17.5. The topological polar surface area (TPSA) is 53.5 Å². The standard InChI is InChI=1S/C17H16Cl3N3O/c1-2-9-21-17(22-13-6-3-11(18)4-7-13)23-16(24)14-8-5-12(19)10-15(14)20/h3-8,10H,2,9H2,1H3,(H2,21,22,23,24). The number of carbonyl (C=O) groups excluding carboxylic acids is 1. The van der Waals surface area contributed by atoms with Crippen LogP contribution in [0.1, 0.15) is 23.7 Å². The van der Waals surface area contributed by atoms with Gasteiger partial charge >= 0.3 is 0 Å². The van der Waals surface area contributed by atoms with Crippen LogP contribution in [-0.2, 0) is 0 Å². The van der Waals surface area contributed by atoms with Crippen molar-refractivity contribution in [3.8, 4) is 0 Å². The molecule has 2 rings (SSSR count). The minimum atomic E-state index is -0.368. The molecule has 126 valence electrons. The highest BCUT2D eigenvalue weighted by molar-refractivity contribution is 6.37. The van der Waals surface area contributed by atoms with Gasteiger partial charge in [0.15, 0.2) is 0 Å². The lowest BCUT2D eigenvalue weighted by atomic mass is 10.2. The van der Waals surface area contributed by atoms with E-state index in [0.29, 0.717) is 28.1 Å². The van der Waals surface area contributed by atoms with Gasteiger partial charge in [-0.15, -0.1) is 0 Å². The summed E-state index contributed by atoms with van der Waals surface area (Å²) in [6, 6.07) is 11.8. The van der Waals surface area contributed by atoms with E-state index >= 15 is 0 Å². The average molecular weight is 385 g/mol. The number of nitrogens with zero attached hydrogens (tertiary/aromatic N) is 1. The van der Waals surface area contributed by atoms with Crippen LogP contribution in [0.4, 0.5) is 5.69 Å². The molecule has 0 radical (unpaired) electrons. The largest absolute Gasteiger partial charge is 0.326 e. The maximum atomic E-state index is 12.4. The van der Waals surface area contributed by atoms with Gasteiger partial charge in [-0.3, -0.25) is 15.1 Å². The Hall–Kier alpha value is -1.75. The minimum absolute atomic E-state index is 0.279. The third-order valence-corrected chi connectivity index (χ3v) is 3.81. The first-order valence-corrected chi connectivity index (χ1v) is 8.46. The summed E-state index contributed by atoms with van der Waals surface area (Å²) in [5.41, 5.74) is 1.08. The number of rotatable bonds is 4. The zero-order valence-corrected chi connectivity index (χ0v) is 15.2. The van der Waals surface area contributed by atoms with E-state index < -0.39 is 0 Å². The van der Waals surface area contributed by atoms with Crippen LogP contribution in [0, 0.1) is 0 Å². The first-order valence-electron chi connectivity index (χ1n) is 7.33. The number of hydrogen-bond acceptors (Lipinski definition) is 2. The van der Waals surface area contributed by atoms with Gasteiger partial charge in [0.2, 0.25) is 5.96 Å². The van der Waals surface area contributed by atoms with Crippen LogP contribution < -0.4 is 10.6 Å². The van der Waals surface area contributed by atoms with Crippen LogP contribution in [0.3, 0.4) is 0 Å². The third kappa shape index (κ3) is 5.41. The molecule has 0 aromatic heterocycles. The van der Waals surface area contributed by atoms with Crippen LogP contribution in [-0.4, -0.2) is 18.4 Å². The first-order chi connectivity index (χ1) is 11.5. The number of guanidine groups is 1. The number of anilines is 1. The van der Waals surface area contributed by atoms with Gasteiger partial charge in [-0.05, 0) is 48.9 Å². The number of nitrogens with one attached hydrogen (secondary N) is 2. The van der Waals surface area contributed by atoms with Crippen molar-refractivity contribution in [3.05, 3.63) is 63.1 Å². The fourth-order valence-electron chi connectivity index (χ4n) is 1.85. The summed E-state index contributed by atoms with van der Waals surface area (Å²) in [7, 11) is 0. The molecule has 2 aromatic carbocycles. The van der Waals surface area contributed by atoms with Crippen LogP contribution >= 0.6 is 34.8 Å². The van der Waals surface area contributed by atoms with Gasteiger partial charge in [-0.2, -0.15) is 0 Å². The molecule has 0 aliphatic heterocycles. The number of amides is 1. The van der Waals surface area contributed by atoms with Gasteiger partial charge in [-0.1, -0.05) is 41.7 Å². The van der Waals surface area contributed by atoms with Crippen molar-refractivity contribution in [2.24, 2.45) is 4.99 Å². The molecule has 1 amide bonds. The smallest absolute Gasteiger partial charge is 0.259 e. The lowest BCUT2D eigenvalue weighted by Crippen LogP contribution is -2.36. The van der Waals surface area contributed by atoms with Crippen molar-refractivity contribution < 1.29 is 4.79 Å². The molecule has 0 atom stereocenters. The quantitative estimate of drug-likeness (QED) is 0.558. The predicted molar refractivity (Wildman–Crippen MR) is 102 cm³/mol. The molecular weight excluding hydrogens is 369 g/mol. The highest BCUT2D eigenvalue weighted by atomic mass is 35.5. The molecular formula is C17H16Cl3N3O. The molecule has 2 aromatic rings. The number of aliphatic imine (C=N–C) groups is 1. The zero-order valence-electron chi connectivity index (χ0n) is 12.9. The van der Waals surface area contributed by atoms with E-state index in [9.17, 15) is 4.79 Å². The van der Waals surface area contributed by atoms with Crippen molar-refractivity contribution in [1.29, 1.82) is 0 Å². The maximum absolute atomic E-state index is 12.4. The molecule has 0 unspecified atom stereocenters. The lowest BCUT2D eigenvalue weighted by molar-refractivity contribution is 0.0977. The van der Waals surface area contributed by atoms with E-state index in [1.54, 1.807) is 36.4 Å². The molecule has 4 nitrogen and oxygen atoms in total. The summed E-state index contributed by atoms with van der Waals surface area (Å²) in [5, 5.41) is 7.17. The highest BCUT2D eigenvalue weighted by Crippen LogP contribution is 2.21. The molecule has 24 heavy (non-hydrogen) atoms. The van der Waals surface area contributed by atoms with Crippen LogP contribution in [0.5, 0.6) is 0 Å². The van der Waals surface area contributed by atoms with Crippen LogP contribution in [0.25, 0.3) is 0 Å². The molecule has 2 N–H and O–H groups in total. The molecule has 0 saturated heterocycles. The molecule has 0 saturated carbocycles. The molecule has 0 aliphatic carbocycles. The fourth-order valence-corrected chi connectivity index (χ4v) is 2.47. The Kier molecular flexibility index (Phi) is 6.91. The molecule has 0 spiro atoms. The number of halogens is 3. The van der Waals surface area contributed by atoms with Crippen molar-refractivity contribution in [3.63, 3.8) is 0 Å². The molecule has 0 fully saturated rings. The predicted octanol–water partition coefficient (Wildman–Crippen LogP) is 5.25. The van der Waals surface area contributed by atoms with Gasteiger partial charge in [-0.25, -0.2) is 0 Å². The van der Waals surface area contributed by atoms with E-state index in [-0.39, 0.29) is 10.9 Å². The Balaban J connectivity index is 2.16. The van der Waals surface area contributed by atoms with Gasteiger partial charge in [0, 0.05) is 22.3 Å². The van der Waals surface area contributed by atoms with Gasteiger partial charge in [0.1, 0.15) is 0 Å². The third-order valence-electron chi connectivity index (χ3n) is 3.01. The fraction of sp³-hybridized carbons (Fsp3) is 0.176. The summed E-state index contributed by atoms with van der Waals surface area (Å²) in [4.78, 5) is 16.8. The van der Waals surface area contributed by atoms with Gasteiger partial charge in [0.25, 0.3) is 5.91 Å². The summed E-state index contributed by atoms with van der Waals surface area (Å²) in [6.45, 7) is 2.58. The lowest BCUT2D eigenvalue weighted by Gasteiger charge is -2.12. The van der Waals surface area contributed by atoms with Crippen molar-refractivity contribution in [2.45, 2.75) is 13.3 Å². The van der Waals surface area contributed by atoms with Crippen molar-refractivity contribution in [2.75, 3.05) is 11.9 Å². The average Bonchev–Trinajstić information content (AvgIpc) is 2.54. The first kappa shape index (κ1) is 18.6. The molecule has 0 bridgehead atoms. The second kappa shape index (κ2) is 8.92. The highest BCUT2D eigenvalue weighted by Gasteiger charge is 2.13. The van der Waals surface area contributed by atoms with Crippen molar-refractivity contribution in [1.82, 2.24) is 5.32 Å². The monoisotopic (exact) mass is 383 g/mol. The Morgan fingerprint density at radius 2 is 1.71 bits per heavy atom. The van der Waals surface area contributed by atoms with Crippen LogP contribution in [0.15, 0.2) is 47.5 Å². The second-order valence-corrected chi connectivity index (χ2v) is 6.22. The number of hydrogen-bond donors (Lipinski definition) is 2. The SMILES string of the molecule is CCCN=C(NC(=O)c1ccc(Cl)cc1Cl)Nc1ccc(Cl)cc1. The Morgan fingerprint density at radius 1 is 1.04 bits per heavy atom. The van der Waals surface area contributed by atoms with Crippen LogP contribution in [0.2, 0.25) is 15.1 Å². The molecule has 7 heteroatoms. The Bertz CT molecular complexity index is 745. The number of carbonyl (C=O) groups is 1. The Morgan fingerprint density at radius 3 is 2.33 bits per heavy atom. The minimum Gasteiger partial charge on any atom is -0.326 e. The summed E-state index contributed by atoms with van der Waals surface area (Å²) in [6.07, 6.45) is 0.851. The van der Waals surface area contributed by atoms with Crippen molar-refractivity contribution >= 4 is 52.4 Å². The summed E-state index contributed by atoms with van der Waals surface area (Å²) in [5.74, 6) is -0.0248. The Labute approximate surface area is 155 Å². The van der Waals surface area contributed by atoms with E-state index in [0.717, 1.165) is 12.1 Å². The van der Waals surface area contributed by atoms with E-state index in [2.05, 4.69) is 15.6 Å². The normalized spacial score (nSPS) is 11.2. The summed E-state index contributed by atoms with van der Waals surface area (Å²) >= 11 is 17.8. The molecule has 0 heterocycles. The van der Waals surface area contributed by atoms with E-state index in [1.807, 2.05) is 6.92 Å². The summed E-state index contributed by atoms with van der Waals surface area (Å²) < 4.78 is 0. The van der Waals surface area contributed by atoms with Gasteiger partial charge < -0.3 is 5.32 Å². The second-order valence-electron chi connectivity index (χ2n) is 4.94. The van der Waals surface area contributed by atoms with Gasteiger partial charge in [0.05, 0.1) is 10.6 Å².